The average molecular weight is 356 g/mol. The van der Waals surface area contributed by atoms with E-state index in [1.165, 1.54) is 11.3 Å². The van der Waals surface area contributed by atoms with E-state index in [1.54, 1.807) is 4.90 Å². The fourth-order valence-electron chi connectivity index (χ4n) is 2.08. The van der Waals surface area contributed by atoms with Crippen LogP contribution >= 0.6 is 11.3 Å². The monoisotopic (exact) mass is 356 g/mol. The fourth-order valence-corrected chi connectivity index (χ4v) is 2.65. The minimum Gasteiger partial charge on any atom is -0.387 e. The molecule has 1 aliphatic heterocycles. The molecule has 1 radical (unpaired) electrons. The number of likely N-dealkylation sites (tertiary alicyclic amines) is 1. The smallest absolute Gasteiger partial charge is 0.222 e. The summed E-state index contributed by atoms with van der Waals surface area (Å²) < 4.78 is 12.5. The normalized spacial score (nSPS) is 19.2. The number of aldehydes is 1. The maximum Gasteiger partial charge on any atom is 0.222 e. The maximum atomic E-state index is 11.7. The molecule has 2 rings (SSSR count). The van der Waals surface area contributed by atoms with E-state index in [0.717, 1.165) is 11.3 Å². The summed E-state index contributed by atoms with van der Waals surface area (Å²) >= 11 is 1.52. The van der Waals surface area contributed by atoms with Gasteiger partial charge in [0.25, 0.3) is 0 Å². The van der Waals surface area contributed by atoms with Gasteiger partial charge in [0.05, 0.1) is 12.6 Å². The van der Waals surface area contributed by atoms with Crippen molar-refractivity contribution >= 4 is 23.5 Å². The number of rotatable bonds is 7. The second-order valence-electron chi connectivity index (χ2n) is 4.21. The number of hydrogen-bond donors (Lipinski definition) is 0. The Hall–Kier alpha value is -0.0961. The first kappa shape index (κ1) is 15.3. The summed E-state index contributed by atoms with van der Waals surface area (Å²) in [6, 6.07) is 3.85. The number of nitrogens with zero attached hydrogens (tertiary/aromatic N) is 1. The van der Waals surface area contributed by atoms with Gasteiger partial charge in [-0.3, -0.25) is 16.1 Å². The van der Waals surface area contributed by atoms with Crippen molar-refractivity contribution in [2.75, 3.05) is 13.2 Å². The molecule has 0 bridgehead atoms. The molecule has 1 aliphatic rings. The second-order valence-corrected chi connectivity index (χ2v) is 5.17. The van der Waals surface area contributed by atoms with E-state index in [1.807, 2.05) is 12.1 Å². The van der Waals surface area contributed by atoms with Crippen molar-refractivity contribution in [1.82, 2.24) is 4.90 Å². The fraction of sp³-hybridized carbons (Fsp3) is 0.538. The Balaban J connectivity index is 0.00000200. The minimum absolute atomic E-state index is 0. The summed E-state index contributed by atoms with van der Waals surface area (Å²) in [5.74, 6) is 0.0549. The zero-order valence-corrected chi connectivity index (χ0v) is 14.3. The Morgan fingerprint density at radius 3 is 3.21 bits per heavy atom. The summed E-state index contributed by atoms with van der Waals surface area (Å²) in [5.41, 5.74) is 0. The van der Waals surface area contributed by atoms with Crippen LogP contribution in [0.4, 0.5) is 0 Å². The molecule has 1 aromatic rings. The molecule has 0 aromatic carbocycles. The maximum absolute atomic E-state index is 11.7. The van der Waals surface area contributed by atoms with Gasteiger partial charge >= 0.3 is 0 Å². The van der Waals surface area contributed by atoms with Gasteiger partial charge in [0.15, 0.2) is 0 Å². The molecular weight excluding hydrogens is 339 g/mol. The molecule has 6 heteroatoms. The van der Waals surface area contributed by atoms with E-state index in [4.69, 9.17) is 6.11 Å². The van der Waals surface area contributed by atoms with Crippen LogP contribution in [0, 0.1) is 5.38 Å². The molecule has 1 amide bonds. The van der Waals surface area contributed by atoms with Gasteiger partial charge < -0.3 is 14.4 Å². The van der Waals surface area contributed by atoms with E-state index in [0.29, 0.717) is 26.2 Å². The van der Waals surface area contributed by atoms with Crippen LogP contribution < -0.4 is 0 Å². The molecule has 1 atom stereocenters. The van der Waals surface area contributed by atoms with Crippen molar-refractivity contribution in [1.29, 1.82) is 0 Å². The van der Waals surface area contributed by atoms with Crippen molar-refractivity contribution < 1.29 is 48.4 Å². The number of thiophene rings is 1. The molecule has 1 saturated heterocycles. The summed E-state index contributed by atoms with van der Waals surface area (Å²) in [5, 5.41) is 3.00. The molecule has 0 aliphatic carbocycles. The van der Waals surface area contributed by atoms with Gasteiger partial charge in [-0.05, 0) is 6.42 Å². The molecule has 1 fully saturated rings. The van der Waals surface area contributed by atoms with E-state index in [-0.39, 0.29) is 51.1 Å². The van der Waals surface area contributed by atoms with Gasteiger partial charge in [-0.25, -0.2) is 0 Å². The number of ether oxygens (including phenoxy) is 1. The average Bonchev–Trinajstić information content (AvgIpc) is 2.98. The Kier molecular flexibility index (Phi) is 7.21. The van der Waals surface area contributed by atoms with Crippen LogP contribution in [0.5, 0.6) is 0 Å². The zero-order chi connectivity index (χ0) is 13.7. The second kappa shape index (κ2) is 8.95. The van der Waals surface area contributed by atoms with Crippen LogP contribution in [0.1, 0.15) is 25.5 Å². The van der Waals surface area contributed by atoms with Crippen LogP contribution in [-0.2, 0) is 53.6 Å². The van der Waals surface area contributed by atoms with E-state index in [2.05, 4.69) is 5.38 Å². The molecule has 0 saturated carbocycles. The molecule has 19 heavy (non-hydrogen) atoms. The third-order valence-corrected chi connectivity index (χ3v) is 3.76. The summed E-state index contributed by atoms with van der Waals surface area (Å²) in [7, 11) is 0. The predicted octanol–water partition coefficient (Wildman–Crippen LogP) is 1.64. The molecular formula is C13H16NO3SY-. The van der Waals surface area contributed by atoms with E-state index < -0.39 is 6.26 Å². The molecule has 101 valence electrons. The Morgan fingerprint density at radius 2 is 2.53 bits per heavy atom. The third kappa shape index (κ3) is 5.06. The van der Waals surface area contributed by atoms with Crippen molar-refractivity contribution in [3.63, 3.8) is 0 Å². The van der Waals surface area contributed by atoms with Crippen molar-refractivity contribution in [2.24, 2.45) is 0 Å². The first-order valence-electron chi connectivity index (χ1n) is 6.48. The van der Waals surface area contributed by atoms with Gasteiger partial charge in [0, 0.05) is 58.7 Å². The number of hydrogen-bond acceptors (Lipinski definition) is 4. The standard InChI is InChI=1S/C13H16NO3S.Y/c15-7-2-6-14-11(4-5-13(14)16)9-17-10-12-3-1-8-18-12;/h1,3,7,11H,2,4-6,9-10H2;/q-1;/i7D;. The zero-order valence-electron chi connectivity index (χ0n) is 11.6. The topological polar surface area (TPSA) is 46.6 Å². The SMILES string of the molecule is [2H]C(=O)CCN1C(=O)CCC1COCc1cc[c-]s1.[Y]. The van der Waals surface area contributed by atoms with E-state index >= 15 is 0 Å². The van der Waals surface area contributed by atoms with Crippen LogP contribution in [-0.4, -0.2) is 36.3 Å². The Bertz CT molecular complexity index is 441. The van der Waals surface area contributed by atoms with Crippen LogP contribution in [0.15, 0.2) is 12.1 Å². The molecule has 2 heterocycles. The van der Waals surface area contributed by atoms with Crippen LogP contribution in [0.2, 0.25) is 0 Å². The minimum atomic E-state index is -0.631. The van der Waals surface area contributed by atoms with Gasteiger partial charge in [-0.15, -0.1) is 10.3 Å². The van der Waals surface area contributed by atoms with E-state index in [9.17, 15) is 9.59 Å². The first-order chi connectivity index (χ1) is 9.16. The largest absolute Gasteiger partial charge is 0.387 e. The summed E-state index contributed by atoms with van der Waals surface area (Å²) in [6.45, 7) is 1.35. The number of amides is 1. The molecule has 1 unspecified atom stereocenters. The molecule has 4 nitrogen and oxygen atoms in total. The van der Waals surface area contributed by atoms with Crippen LogP contribution in [0.3, 0.4) is 0 Å². The molecule has 1 aromatic heterocycles. The van der Waals surface area contributed by atoms with Crippen LogP contribution in [0.25, 0.3) is 0 Å². The van der Waals surface area contributed by atoms with Gasteiger partial charge in [0.2, 0.25) is 5.91 Å². The molecule has 0 spiro atoms. The van der Waals surface area contributed by atoms with Crippen molar-refractivity contribution in [3.8, 4) is 0 Å². The van der Waals surface area contributed by atoms with Crippen molar-refractivity contribution in [2.45, 2.75) is 31.9 Å². The number of carbonyl (C=O) groups excluding carboxylic acids is 2. The summed E-state index contributed by atoms with van der Waals surface area (Å²) in [6.07, 6.45) is 0.741. The van der Waals surface area contributed by atoms with Gasteiger partial charge in [0.1, 0.15) is 7.63 Å². The van der Waals surface area contributed by atoms with Gasteiger partial charge in [-0.1, -0.05) is 0 Å². The Morgan fingerprint density at radius 1 is 1.68 bits per heavy atom. The number of carbonyl (C=O) groups is 2. The quantitative estimate of drug-likeness (QED) is 0.551. The third-order valence-electron chi connectivity index (χ3n) is 2.99. The Labute approximate surface area is 143 Å². The predicted molar refractivity (Wildman–Crippen MR) is 68.2 cm³/mol. The first-order valence-corrected chi connectivity index (χ1v) is 6.80. The molecule has 0 N–H and O–H groups in total. The summed E-state index contributed by atoms with van der Waals surface area (Å²) in [4.78, 5) is 25.1. The van der Waals surface area contributed by atoms with Gasteiger partial charge in [-0.2, -0.15) is 12.1 Å². The van der Waals surface area contributed by atoms with Crippen molar-refractivity contribution in [3.05, 3.63) is 22.4 Å².